The average Bonchev–Trinajstić information content (AvgIpc) is 3.45. The van der Waals surface area contributed by atoms with Gasteiger partial charge in [-0.2, -0.15) is 0 Å². The number of carbonyl (C=O) groups excluding carboxylic acids is 1. The molecule has 1 heterocycles. The summed E-state index contributed by atoms with van der Waals surface area (Å²) in [4.78, 5) is 13.1. The lowest BCUT2D eigenvalue weighted by Gasteiger charge is -2.40. The number of aliphatic hydroxyl groups is 5. The van der Waals surface area contributed by atoms with Crippen LogP contribution >= 0.6 is 0 Å². The minimum absolute atomic E-state index is 0.165. The minimum Gasteiger partial charge on any atom is -0.394 e. The van der Waals surface area contributed by atoms with Crippen molar-refractivity contribution in [2.45, 2.75) is 269 Å². The van der Waals surface area contributed by atoms with Crippen molar-refractivity contribution in [1.29, 1.82) is 0 Å². The third kappa shape index (κ3) is 44.9. The monoisotopic (exact) mass is 1080 g/mol. The normalized spacial score (nSPS) is 19.7. The van der Waals surface area contributed by atoms with E-state index < -0.39 is 49.5 Å². The van der Waals surface area contributed by atoms with Crippen LogP contribution in [0.1, 0.15) is 226 Å². The number of rotatable bonds is 51. The van der Waals surface area contributed by atoms with Crippen LogP contribution in [-0.4, -0.2) is 87.5 Å². The summed E-state index contributed by atoms with van der Waals surface area (Å²) in [6.07, 6.45) is 80.2. The van der Waals surface area contributed by atoms with E-state index in [1.807, 2.05) is 0 Å². The Morgan fingerprint density at radius 2 is 0.795 bits per heavy atom. The van der Waals surface area contributed by atoms with Gasteiger partial charge in [-0.1, -0.05) is 262 Å². The van der Waals surface area contributed by atoms with Crippen molar-refractivity contribution in [3.63, 3.8) is 0 Å². The van der Waals surface area contributed by atoms with E-state index in [1.54, 1.807) is 0 Å². The van der Waals surface area contributed by atoms with Crippen LogP contribution in [0, 0.1) is 0 Å². The first-order chi connectivity index (χ1) is 38.3. The summed E-state index contributed by atoms with van der Waals surface area (Å²) in [5.41, 5.74) is 0. The third-order valence-corrected chi connectivity index (χ3v) is 13.7. The number of allylic oxidation sites excluding steroid dienone is 24. The van der Waals surface area contributed by atoms with Gasteiger partial charge in [0.25, 0.3) is 0 Å². The lowest BCUT2D eigenvalue weighted by atomic mass is 9.99. The molecular formula is C69H113NO8. The highest BCUT2D eigenvalue weighted by Crippen LogP contribution is 2.23. The predicted molar refractivity (Wildman–Crippen MR) is 331 cm³/mol. The zero-order valence-corrected chi connectivity index (χ0v) is 49.1. The topological polar surface area (TPSA) is 149 Å². The van der Waals surface area contributed by atoms with Gasteiger partial charge in [-0.25, -0.2) is 0 Å². The zero-order valence-electron chi connectivity index (χ0n) is 49.1. The molecule has 1 fully saturated rings. The summed E-state index contributed by atoms with van der Waals surface area (Å²) in [7, 11) is 0. The second-order valence-electron chi connectivity index (χ2n) is 20.8. The Bertz CT molecular complexity index is 1730. The Balaban J connectivity index is 2.22. The van der Waals surface area contributed by atoms with Crippen LogP contribution in [0.3, 0.4) is 0 Å². The van der Waals surface area contributed by atoms with Gasteiger partial charge in [-0.15, -0.1) is 0 Å². The van der Waals surface area contributed by atoms with E-state index >= 15 is 0 Å². The summed E-state index contributed by atoms with van der Waals surface area (Å²) in [6, 6.07) is -0.753. The van der Waals surface area contributed by atoms with Gasteiger partial charge in [0, 0.05) is 6.42 Å². The Hall–Kier alpha value is -3.93. The fraction of sp³-hybridized carbons (Fsp3) is 0.638. The molecular weight excluding hydrogens is 971 g/mol. The van der Waals surface area contributed by atoms with Gasteiger partial charge in [0.15, 0.2) is 6.29 Å². The van der Waals surface area contributed by atoms with E-state index in [9.17, 15) is 30.3 Å². The molecule has 1 rings (SSSR count). The molecule has 0 aromatic rings. The summed E-state index contributed by atoms with van der Waals surface area (Å²) in [6.45, 7) is 3.69. The van der Waals surface area contributed by atoms with Crippen molar-refractivity contribution in [1.82, 2.24) is 5.32 Å². The molecule has 0 aromatic heterocycles. The Labute approximate surface area is 476 Å². The molecule has 0 aromatic carbocycles. The Morgan fingerprint density at radius 3 is 1.15 bits per heavy atom. The second-order valence-corrected chi connectivity index (χ2v) is 20.8. The number of aliphatic hydroxyl groups excluding tert-OH is 5. The number of unbranched alkanes of at least 4 members (excludes halogenated alkanes) is 17. The number of hydrogen-bond donors (Lipinski definition) is 6. The van der Waals surface area contributed by atoms with E-state index in [0.29, 0.717) is 19.3 Å². The summed E-state index contributed by atoms with van der Waals surface area (Å²) < 4.78 is 11.3. The maximum atomic E-state index is 13.1. The number of nitrogens with one attached hydrogen (secondary N) is 1. The molecule has 0 spiro atoms. The van der Waals surface area contributed by atoms with Crippen LogP contribution in [0.25, 0.3) is 0 Å². The van der Waals surface area contributed by atoms with Crippen molar-refractivity contribution < 1.29 is 39.8 Å². The highest BCUT2D eigenvalue weighted by atomic mass is 16.7. The highest BCUT2D eigenvalue weighted by Gasteiger charge is 2.44. The van der Waals surface area contributed by atoms with Gasteiger partial charge in [0.1, 0.15) is 24.4 Å². The van der Waals surface area contributed by atoms with Crippen LogP contribution in [0.15, 0.2) is 146 Å². The number of carbonyl (C=O) groups is 1. The minimum atomic E-state index is -1.57. The number of ether oxygens (including phenoxy) is 2. The summed E-state index contributed by atoms with van der Waals surface area (Å²) in [5, 5.41) is 54.6. The molecule has 0 bridgehead atoms. The van der Waals surface area contributed by atoms with Gasteiger partial charge >= 0.3 is 0 Å². The largest absolute Gasteiger partial charge is 0.394 e. The molecule has 442 valence electrons. The summed E-state index contributed by atoms with van der Waals surface area (Å²) in [5.74, 6) is -0.192. The zero-order chi connectivity index (χ0) is 56.5. The lowest BCUT2D eigenvalue weighted by Crippen LogP contribution is -2.60. The van der Waals surface area contributed by atoms with Crippen molar-refractivity contribution >= 4 is 5.91 Å². The molecule has 0 aliphatic carbocycles. The van der Waals surface area contributed by atoms with Crippen molar-refractivity contribution in [3.05, 3.63) is 146 Å². The van der Waals surface area contributed by atoms with Gasteiger partial charge in [-0.3, -0.25) is 4.79 Å². The quantitative estimate of drug-likeness (QED) is 0.0261. The Morgan fingerprint density at radius 1 is 0.449 bits per heavy atom. The van der Waals surface area contributed by atoms with Gasteiger partial charge in [-0.05, 0) is 103 Å². The van der Waals surface area contributed by atoms with E-state index in [2.05, 4.69) is 165 Å². The van der Waals surface area contributed by atoms with Crippen LogP contribution < -0.4 is 5.32 Å². The molecule has 9 heteroatoms. The molecule has 9 nitrogen and oxygen atoms in total. The molecule has 6 N–H and O–H groups in total. The fourth-order valence-corrected chi connectivity index (χ4v) is 8.85. The lowest BCUT2D eigenvalue weighted by molar-refractivity contribution is -0.302. The fourth-order valence-electron chi connectivity index (χ4n) is 8.85. The second kappa shape index (κ2) is 56.3. The van der Waals surface area contributed by atoms with E-state index in [0.717, 1.165) is 109 Å². The smallest absolute Gasteiger partial charge is 0.220 e. The van der Waals surface area contributed by atoms with Crippen LogP contribution in [-0.2, 0) is 14.3 Å². The molecule has 1 saturated heterocycles. The standard InChI is InChI=1S/C69H113NO8/c1-3-5-7-9-11-13-15-17-19-21-22-23-24-25-26-27-28-29-30-31-32-33-34-35-36-37-38-39-40-41-42-43-45-47-49-51-53-55-57-59-65(73)70-62(61-77-69-68(76)67(75)66(74)64(60-71)78-69)63(72)58-56-54-52-50-48-46-44-20-18-16-14-12-10-8-6-4-2/h5,7,11,13,17,19,22-23,25-26,28-29,31-32,34-35,37-38,40-41,43,45,49,51,62-64,66-69,71-72,74-76H,3-4,6,8-10,12,14-16,18,20-21,24,27,30,33,36,39,42,44,46-48,50,52-61H2,1-2H3,(H,70,73)/b7-5-,13-11-,19-17-,23-22-,26-25-,29-28-,32-31-,35-34-,38-37-,41-40-,45-43-,51-49-. The number of hydrogen-bond acceptors (Lipinski definition) is 8. The number of amides is 1. The van der Waals surface area contributed by atoms with E-state index in [4.69, 9.17) is 9.47 Å². The summed E-state index contributed by atoms with van der Waals surface area (Å²) >= 11 is 0. The average molecular weight is 1080 g/mol. The SMILES string of the molecule is CC/C=C\C/C=C\C/C=C\C/C=C\C/C=C\C/C=C\C/C=C\C/C=C\C/C=C\C/C=C\C/C=C\C/C=C\CCCCC(=O)NC(COC1OC(CO)C(O)C(O)C1O)C(O)CCCCCCCCCCCCCCCCCC. The molecule has 1 amide bonds. The molecule has 0 radical (unpaired) electrons. The van der Waals surface area contributed by atoms with Crippen molar-refractivity contribution in [2.24, 2.45) is 0 Å². The van der Waals surface area contributed by atoms with Gasteiger partial charge in [0.05, 0.1) is 25.4 Å². The molecule has 7 unspecified atom stereocenters. The predicted octanol–water partition coefficient (Wildman–Crippen LogP) is 16.2. The molecule has 1 aliphatic rings. The maximum absolute atomic E-state index is 13.1. The van der Waals surface area contributed by atoms with Crippen molar-refractivity contribution in [3.8, 4) is 0 Å². The van der Waals surface area contributed by atoms with Gasteiger partial charge < -0.3 is 40.3 Å². The van der Waals surface area contributed by atoms with E-state index in [-0.39, 0.29) is 12.5 Å². The first kappa shape index (κ1) is 72.1. The molecule has 0 saturated carbocycles. The molecule has 7 atom stereocenters. The van der Waals surface area contributed by atoms with Crippen LogP contribution in [0.4, 0.5) is 0 Å². The highest BCUT2D eigenvalue weighted by molar-refractivity contribution is 5.76. The first-order valence-electron chi connectivity index (χ1n) is 31.0. The first-order valence-corrected chi connectivity index (χ1v) is 31.0. The van der Waals surface area contributed by atoms with Crippen LogP contribution in [0.2, 0.25) is 0 Å². The van der Waals surface area contributed by atoms with Crippen molar-refractivity contribution in [2.75, 3.05) is 13.2 Å². The van der Waals surface area contributed by atoms with Crippen LogP contribution in [0.5, 0.6) is 0 Å². The molecule has 1 aliphatic heterocycles. The van der Waals surface area contributed by atoms with E-state index in [1.165, 1.54) is 83.5 Å². The third-order valence-electron chi connectivity index (χ3n) is 13.7. The maximum Gasteiger partial charge on any atom is 0.220 e. The molecule has 78 heavy (non-hydrogen) atoms. The Kier molecular flexibility index (Phi) is 52.1. The van der Waals surface area contributed by atoms with Gasteiger partial charge in [0.2, 0.25) is 5.91 Å².